The minimum Gasteiger partial charge on any atom is -0.481 e. The van der Waals surface area contributed by atoms with E-state index < -0.39 is 5.97 Å². The monoisotopic (exact) mass is 504 g/mol. The molecule has 0 aliphatic heterocycles. The number of hydrogen-bond acceptors (Lipinski definition) is 3. The van der Waals surface area contributed by atoms with Gasteiger partial charge in [-0.3, -0.25) is 9.69 Å². The van der Waals surface area contributed by atoms with Crippen molar-refractivity contribution in [2.24, 2.45) is 0 Å². The smallest absolute Gasteiger partial charge is 0.321 e. The molecule has 2 amide bonds. The van der Waals surface area contributed by atoms with Crippen molar-refractivity contribution in [3.8, 4) is 0 Å². The molecule has 36 heavy (non-hydrogen) atoms. The zero-order valence-electron chi connectivity index (χ0n) is 21.0. The van der Waals surface area contributed by atoms with Crippen molar-refractivity contribution in [1.29, 1.82) is 0 Å². The number of anilines is 1. The molecule has 0 atom stereocenters. The van der Waals surface area contributed by atoms with Gasteiger partial charge in [-0.1, -0.05) is 92.9 Å². The van der Waals surface area contributed by atoms with Gasteiger partial charge in [0, 0.05) is 28.6 Å². The molecule has 0 aliphatic carbocycles. The summed E-state index contributed by atoms with van der Waals surface area (Å²) in [6.07, 6.45) is 6.57. The van der Waals surface area contributed by atoms with Crippen LogP contribution in [-0.2, 0) is 17.6 Å². The average Bonchev–Trinajstić information content (AvgIpc) is 2.88. The Morgan fingerprint density at radius 1 is 0.833 bits per heavy atom. The van der Waals surface area contributed by atoms with E-state index in [0.717, 1.165) is 40.3 Å². The zero-order valence-corrected chi connectivity index (χ0v) is 21.8. The van der Waals surface area contributed by atoms with Crippen LogP contribution in [0.4, 0.5) is 10.5 Å². The SMILES string of the molecule is CCCCCCCNC(=O)N(CCc1ccccc1)c1cccc(Sc2ccc(CC(=O)O)cc2)c1. The highest BCUT2D eigenvalue weighted by Gasteiger charge is 2.16. The molecule has 0 aliphatic rings. The summed E-state index contributed by atoms with van der Waals surface area (Å²) < 4.78 is 0. The predicted molar refractivity (Wildman–Crippen MR) is 148 cm³/mol. The third-order valence-corrected chi connectivity index (χ3v) is 6.91. The van der Waals surface area contributed by atoms with Crippen molar-refractivity contribution in [2.75, 3.05) is 18.0 Å². The molecule has 0 heterocycles. The fourth-order valence-corrected chi connectivity index (χ4v) is 4.82. The highest BCUT2D eigenvalue weighted by atomic mass is 32.2. The second-order valence-electron chi connectivity index (χ2n) is 8.85. The molecule has 3 rings (SSSR count). The van der Waals surface area contributed by atoms with E-state index in [4.69, 9.17) is 5.11 Å². The van der Waals surface area contributed by atoms with E-state index in [2.05, 4.69) is 24.4 Å². The highest BCUT2D eigenvalue weighted by Crippen LogP contribution is 2.31. The van der Waals surface area contributed by atoms with Gasteiger partial charge in [0.15, 0.2) is 0 Å². The van der Waals surface area contributed by atoms with Crippen LogP contribution in [0.5, 0.6) is 0 Å². The van der Waals surface area contributed by atoms with Gasteiger partial charge in [-0.15, -0.1) is 0 Å². The lowest BCUT2D eigenvalue weighted by Crippen LogP contribution is -2.41. The molecule has 0 aromatic heterocycles. The maximum atomic E-state index is 13.2. The minimum atomic E-state index is -0.835. The summed E-state index contributed by atoms with van der Waals surface area (Å²) in [7, 11) is 0. The number of nitrogens with one attached hydrogen (secondary N) is 1. The first-order valence-electron chi connectivity index (χ1n) is 12.7. The zero-order chi connectivity index (χ0) is 25.6. The van der Waals surface area contributed by atoms with E-state index in [0.29, 0.717) is 13.1 Å². The van der Waals surface area contributed by atoms with E-state index in [-0.39, 0.29) is 12.5 Å². The number of benzene rings is 3. The third kappa shape index (κ3) is 9.42. The number of carboxylic acids is 1. The van der Waals surface area contributed by atoms with E-state index in [1.807, 2.05) is 71.6 Å². The van der Waals surface area contributed by atoms with E-state index in [1.54, 1.807) is 11.8 Å². The number of carbonyl (C=O) groups is 2. The van der Waals surface area contributed by atoms with Crippen molar-refractivity contribution in [3.05, 3.63) is 90.0 Å². The number of carboxylic acid groups (broad SMARTS) is 1. The fraction of sp³-hybridized carbons (Fsp3) is 0.333. The first-order valence-corrected chi connectivity index (χ1v) is 13.5. The molecule has 0 fully saturated rings. The van der Waals surface area contributed by atoms with Crippen LogP contribution in [0.1, 0.15) is 50.2 Å². The van der Waals surface area contributed by atoms with Gasteiger partial charge in [0.2, 0.25) is 0 Å². The summed E-state index contributed by atoms with van der Waals surface area (Å²) in [5.41, 5.74) is 2.84. The third-order valence-electron chi connectivity index (χ3n) is 5.91. The van der Waals surface area contributed by atoms with E-state index in [9.17, 15) is 9.59 Å². The highest BCUT2D eigenvalue weighted by molar-refractivity contribution is 7.99. The van der Waals surface area contributed by atoms with Gasteiger partial charge in [-0.2, -0.15) is 0 Å². The molecule has 3 aromatic rings. The largest absolute Gasteiger partial charge is 0.481 e. The van der Waals surface area contributed by atoms with Gasteiger partial charge in [-0.25, -0.2) is 4.79 Å². The molecular weight excluding hydrogens is 468 g/mol. The summed E-state index contributed by atoms with van der Waals surface area (Å²) in [6.45, 7) is 3.47. The number of aliphatic carboxylic acids is 1. The predicted octanol–water partition coefficient (Wildman–Crippen LogP) is 7.19. The molecular formula is C30H36N2O3S. The molecule has 0 bridgehead atoms. The molecule has 0 spiro atoms. The molecule has 2 N–H and O–H groups in total. The number of amides is 2. The molecule has 190 valence electrons. The summed E-state index contributed by atoms with van der Waals surface area (Å²) in [4.78, 5) is 28.0. The number of hydrogen-bond donors (Lipinski definition) is 2. The van der Waals surface area contributed by atoms with E-state index >= 15 is 0 Å². The quantitative estimate of drug-likeness (QED) is 0.228. The topological polar surface area (TPSA) is 69.6 Å². The Bertz CT molecular complexity index is 1090. The first-order chi connectivity index (χ1) is 17.5. The Morgan fingerprint density at radius 2 is 1.58 bits per heavy atom. The number of urea groups is 1. The van der Waals surface area contributed by atoms with Gasteiger partial charge in [-0.05, 0) is 54.3 Å². The van der Waals surface area contributed by atoms with Crippen molar-refractivity contribution in [2.45, 2.75) is 61.7 Å². The number of carbonyl (C=O) groups excluding carboxylic acids is 1. The van der Waals surface area contributed by atoms with Crippen LogP contribution in [0.2, 0.25) is 0 Å². The molecule has 0 saturated carbocycles. The second kappa shape index (κ2) is 15.0. The maximum Gasteiger partial charge on any atom is 0.321 e. The van der Waals surface area contributed by atoms with E-state index in [1.165, 1.54) is 24.8 Å². The Morgan fingerprint density at radius 3 is 2.31 bits per heavy atom. The van der Waals surface area contributed by atoms with Gasteiger partial charge >= 0.3 is 12.0 Å². The number of unbranched alkanes of at least 4 members (excludes halogenated alkanes) is 4. The van der Waals surface area contributed by atoms with Crippen molar-refractivity contribution >= 4 is 29.4 Å². The van der Waals surface area contributed by atoms with Gasteiger partial charge < -0.3 is 10.4 Å². The normalized spacial score (nSPS) is 10.7. The average molecular weight is 505 g/mol. The van der Waals surface area contributed by atoms with Crippen LogP contribution in [0.25, 0.3) is 0 Å². The minimum absolute atomic E-state index is 0.0184. The molecule has 3 aromatic carbocycles. The van der Waals surface area contributed by atoms with Gasteiger partial charge in [0.05, 0.1) is 6.42 Å². The van der Waals surface area contributed by atoms with Crippen LogP contribution in [0, 0.1) is 0 Å². The van der Waals surface area contributed by atoms with Crippen molar-refractivity contribution < 1.29 is 14.7 Å². The molecule has 5 nitrogen and oxygen atoms in total. The lowest BCUT2D eigenvalue weighted by atomic mass is 10.1. The molecule has 0 unspecified atom stereocenters. The summed E-state index contributed by atoms with van der Waals surface area (Å²) in [6, 6.07) is 25.8. The number of nitrogens with zero attached hydrogens (tertiary/aromatic N) is 1. The van der Waals surface area contributed by atoms with Crippen molar-refractivity contribution in [1.82, 2.24) is 5.32 Å². The lowest BCUT2D eigenvalue weighted by Gasteiger charge is -2.24. The molecule has 6 heteroatoms. The van der Waals surface area contributed by atoms with Crippen molar-refractivity contribution in [3.63, 3.8) is 0 Å². The Hall–Kier alpha value is -3.25. The van der Waals surface area contributed by atoms with Crippen LogP contribution in [-0.4, -0.2) is 30.2 Å². The number of rotatable bonds is 14. The Balaban J connectivity index is 1.69. The molecule has 0 saturated heterocycles. The Labute approximate surface area is 218 Å². The van der Waals surface area contributed by atoms with Crippen LogP contribution < -0.4 is 10.2 Å². The lowest BCUT2D eigenvalue weighted by molar-refractivity contribution is -0.136. The van der Waals surface area contributed by atoms with Crippen LogP contribution in [0.15, 0.2) is 88.7 Å². The standard InChI is InChI=1S/C30H36N2O3S/c1-2-3-4-5-9-20-31-30(35)32(21-19-24-11-7-6-8-12-24)26-13-10-14-28(23-26)36-27-17-15-25(16-18-27)22-29(33)34/h6-8,10-18,23H,2-5,9,19-22H2,1H3,(H,31,35)(H,33,34). The van der Waals surface area contributed by atoms with Gasteiger partial charge in [0.25, 0.3) is 0 Å². The summed E-state index contributed by atoms with van der Waals surface area (Å²) in [5, 5.41) is 12.1. The second-order valence-corrected chi connectivity index (χ2v) is 9.99. The van der Waals surface area contributed by atoms with Gasteiger partial charge in [0.1, 0.15) is 0 Å². The first kappa shape index (κ1) is 27.3. The molecule has 0 radical (unpaired) electrons. The summed E-state index contributed by atoms with van der Waals surface area (Å²) in [5.74, 6) is -0.835. The summed E-state index contributed by atoms with van der Waals surface area (Å²) >= 11 is 1.60. The maximum absolute atomic E-state index is 13.2. The Kier molecular flexibility index (Phi) is 11.4. The van der Waals surface area contributed by atoms with Crippen LogP contribution in [0.3, 0.4) is 0 Å². The van der Waals surface area contributed by atoms with Crippen LogP contribution >= 0.6 is 11.8 Å². The fourth-order valence-electron chi connectivity index (χ4n) is 3.95.